The molecule has 8 heteroatoms. The number of nitrogens with one attached hydrogen (secondary N) is 1. The Bertz CT molecular complexity index is 696. The lowest BCUT2D eigenvalue weighted by molar-refractivity contribution is -0.173. The van der Waals surface area contributed by atoms with E-state index < -0.39 is 24.2 Å². The van der Waals surface area contributed by atoms with Crippen LogP contribution in [0.25, 0.3) is 0 Å². The minimum absolute atomic E-state index is 0.135. The molecule has 3 N–H and O–H groups in total. The third-order valence-electron chi connectivity index (χ3n) is 3.64. The van der Waals surface area contributed by atoms with Crippen molar-refractivity contribution in [2.75, 3.05) is 5.32 Å². The fraction of sp³-hybridized carbons (Fsp3) is 0.286. The van der Waals surface area contributed by atoms with Crippen molar-refractivity contribution >= 4 is 11.7 Å². The van der Waals surface area contributed by atoms with Crippen molar-refractivity contribution in [2.45, 2.75) is 24.7 Å². The van der Waals surface area contributed by atoms with E-state index in [4.69, 9.17) is 5.73 Å². The first kappa shape index (κ1) is 14.4. The van der Waals surface area contributed by atoms with Crippen molar-refractivity contribution in [1.82, 2.24) is 9.78 Å². The van der Waals surface area contributed by atoms with Gasteiger partial charge in [-0.05, 0) is 5.56 Å². The number of nitrogens with zero attached hydrogens (tertiary/aromatic N) is 2. The molecule has 2 heterocycles. The second-order valence-corrected chi connectivity index (χ2v) is 5.12. The summed E-state index contributed by atoms with van der Waals surface area (Å²) in [6, 6.07) is 7.76. The van der Waals surface area contributed by atoms with Crippen LogP contribution in [0, 0.1) is 0 Å². The van der Waals surface area contributed by atoms with E-state index in [1.807, 2.05) is 0 Å². The molecule has 3 rings (SSSR count). The zero-order chi connectivity index (χ0) is 15.9. The van der Waals surface area contributed by atoms with E-state index in [1.165, 1.54) is 6.07 Å². The van der Waals surface area contributed by atoms with E-state index in [-0.39, 0.29) is 17.9 Å². The number of amides is 1. The van der Waals surface area contributed by atoms with Crippen LogP contribution in [0.1, 0.15) is 34.6 Å². The van der Waals surface area contributed by atoms with Crippen LogP contribution in [0.2, 0.25) is 0 Å². The van der Waals surface area contributed by atoms with Gasteiger partial charge in [-0.15, -0.1) is 0 Å². The normalized spacial score (nSPS) is 21.0. The van der Waals surface area contributed by atoms with Gasteiger partial charge in [-0.2, -0.15) is 18.3 Å². The molecular formula is C14H13F3N4O. The lowest BCUT2D eigenvalue weighted by Crippen LogP contribution is -2.35. The standard InChI is InChI=1S/C14H13F3N4O/c15-14(16,17)11-6-9(8-4-2-1-3-5-8)19-12-7-10(13(18)22)20-21(11)12/h1-5,7,9,11,19H,6H2,(H2,18,22)/t9-,11-/m1/s1. The summed E-state index contributed by atoms with van der Waals surface area (Å²) in [6.07, 6.45) is -4.68. The number of nitrogens with two attached hydrogens (primary N) is 1. The maximum atomic E-state index is 13.3. The molecule has 0 spiro atoms. The lowest BCUT2D eigenvalue weighted by Gasteiger charge is -2.33. The van der Waals surface area contributed by atoms with Crippen LogP contribution in [-0.2, 0) is 0 Å². The van der Waals surface area contributed by atoms with Crippen LogP contribution >= 0.6 is 0 Å². The predicted molar refractivity (Wildman–Crippen MR) is 73.3 cm³/mol. The van der Waals surface area contributed by atoms with Crippen molar-refractivity contribution in [3.05, 3.63) is 47.7 Å². The van der Waals surface area contributed by atoms with Crippen LogP contribution in [0.4, 0.5) is 19.0 Å². The van der Waals surface area contributed by atoms with Crippen molar-refractivity contribution in [1.29, 1.82) is 0 Å². The molecule has 0 fully saturated rings. The van der Waals surface area contributed by atoms with Crippen LogP contribution in [0.15, 0.2) is 36.4 Å². The van der Waals surface area contributed by atoms with E-state index >= 15 is 0 Å². The summed E-state index contributed by atoms with van der Waals surface area (Å²) in [5.41, 5.74) is 5.65. The largest absolute Gasteiger partial charge is 0.410 e. The Labute approximate surface area is 123 Å². The predicted octanol–water partition coefficient (Wildman–Crippen LogP) is 2.64. The highest BCUT2D eigenvalue weighted by atomic mass is 19.4. The summed E-state index contributed by atoms with van der Waals surface area (Å²) >= 11 is 0. The zero-order valence-electron chi connectivity index (χ0n) is 11.3. The molecule has 1 amide bonds. The molecule has 0 bridgehead atoms. The van der Waals surface area contributed by atoms with Gasteiger partial charge in [-0.25, -0.2) is 4.68 Å². The number of aromatic nitrogens is 2. The van der Waals surface area contributed by atoms with Gasteiger partial charge in [0.15, 0.2) is 11.7 Å². The molecular weight excluding hydrogens is 297 g/mol. The Balaban J connectivity index is 2.03. The smallest absolute Gasteiger partial charge is 0.364 e. The lowest BCUT2D eigenvalue weighted by atomic mass is 9.97. The Morgan fingerprint density at radius 1 is 1.32 bits per heavy atom. The number of carbonyl (C=O) groups excluding carboxylic acids is 1. The number of rotatable bonds is 2. The van der Waals surface area contributed by atoms with Gasteiger partial charge in [0.25, 0.3) is 5.91 Å². The summed E-state index contributed by atoms with van der Waals surface area (Å²) in [5, 5.41) is 6.67. The van der Waals surface area contributed by atoms with Gasteiger partial charge >= 0.3 is 6.18 Å². The number of alkyl halides is 3. The molecule has 116 valence electrons. The van der Waals surface area contributed by atoms with Gasteiger partial charge in [0, 0.05) is 12.5 Å². The van der Waals surface area contributed by atoms with Crippen LogP contribution in [0.5, 0.6) is 0 Å². The summed E-state index contributed by atoms with van der Waals surface area (Å²) in [7, 11) is 0. The number of carbonyl (C=O) groups is 1. The van der Waals surface area contributed by atoms with Crippen LogP contribution < -0.4 is 11.1 Å². The van der Waals surface area contributed by atoms with Gasteiger partial charge in [0.1, 0.15) is 5.82 Å². The fourth-order valence-corrected chi connectivity index (χ4v) is 2.60. The molecule has 0 saturated heterocycles. The van der Waals surface area contributed by atoms with Gasteiger partial charge < -0.3 is 11.1 Å². The summed E-state index contributed by atoms with van der Waals surface area (Å²) in [6.45, 7) is 0. The Morgan fingerprint density at radius 2 is 2.00 bits per heavy atom. The topological polar surface area (TPSA) is 72.9 Å². The molecule has 2 atom stereocenters. The summed E-state index contributed by atoms with van der Waals surface area (Å²) < 4.78 is 40.7. The van der Waals surface area contributed by atoms with Gasteiger partial charge in [-0.1, -0.05) is 30.3 Å². The maximum absolute atomic E-state index is 13.3. The third-order valence-corrected chi connectivity index (χ3v) is 3.64. The Morgan fingerprint density at radius 3 is 2.59 bits per heavy atom. The second kappa shape index (κ2) is 5.04. The molecule has 1 aromatic carbocycles. The number of hydrogen-bond donors (Lipinski definition) is 2. The van der Waals surface area contributed by atoms with E-state index in [1.54, 1.807) is 30.3 Å². The summed E-state index contributed by atoms with van der Waals surface area (Å²) in [5.74, 6) is -0.725. The number of primary amides is 1. The van der Waals surface area contributed by atoms with Crippen LogP contribution in [-0.4, -0.2) is 21.9 Å². The number of anilines is 1. The van der Waals surface area contributed by atoms with Gasteiger partial charge in [-0.3, -0.25) is 4.79 Å². The van der Waals surface area contributed by atoms with Crippen LogP contribution in [0.3, 0.4) is 0 Å². The average molecular weight is 310 g/mol. The molecule has 1 aromatic heterocycles. The highest BCUT2D eigenvalue weighted by molar-refractivity contribution is 5.91. The number of fused-ring (bicyclic) bond motifs is 1. The first-order chi connectivity index (χ1) is 10.4. The molecule has 22 heavy (non-hydrogen) atoms. The number of benzene rings is 1. The molecule has 0 radical (unpaired) electrons. The van der Waals surface area contributed by atoms with Crippen molar-refractivity contribution < 1.29 is 18.0 Å². The van der Waals surface area contributed by atoms with Gasteiger partial charge in [0.2, 0.25) is 0 Å². The SMILES string of the molecule is NC(=O)c1cc2n(n1)[C@@H](C(F)(F)F)C[C@H](c1ccccc1)N2. The van der Waals surface area contributed by atoms with Crippen molar-refractivity contribution in [3.8, 4) is 0 Å². The van der Waals surface area contributed by atoms with E-state index in [2.05, 4.69) is 10.4 Å². The second-order valence-electron chi connectivity index (χ2n) is 5.12. The molecule has 0 aliphatic carbocycles. The third kappa shape index (κ3) is 2.51. The fourth-order valence-electron chi connectivity index (χ4n) is 2.60. The number of hydrogen-bond acceptors (Lipinski definition) is 3. The maximum Gasteiger partial charge on any atom is 0.410 e. The molecule has 2 aromatic rings. The van der Waals surface area contributed by atoms with E-state index in [0.29, 0.717) is 0 Å². The number of halogens is 3. The molecule has 0 saturated carbocycles. The minimum atomic E-state index is -4.47. The highest BCUT2D eigenvalue weighted by Gasteiger charge is 2.46. The Hall–Kier alpha value is -2.51. The quantitative estimate of drug-likeness (QED) is 0.895. The molecule has 0 unspecified atom stereocenters. The molecule has 1 aliphatic heterocycles. The average Bonchev–Trinajstić information content (AvgIpc) is 2.90. The first-order valence-electron chi connectivity index (χ1n) is 6.64. The van der Waals surface area contributed by atoms with Gasteiger partial charge in [0.05, 0.1) is 6.04 Å². The highest BCUT2D eigenvalue weighted by Crippen LogP contribution is 2.43. The van der Waals surface area contributed by atoms with E-state index in [0.717, 1.165) is 10.2 Å². The monoisotopic (exact) mass is 310 g/mol. The molecule has 1 aliphatic rings. The molecule has 5 nitrogen and oxygen atoms in total. The summed E-state index contributed by atoms with van der Waals surface area (Å²) in [4.78, 5) is 11.2. The minimum Gasteiger partial charge on any atom is -0.364 e. The van der Waals surface area contributed by atoms with Crippen molar-refractivity contribution in [3.63, 3.8) is 0 Å². The zero-order valence-corrected chi connectivity index (χ0v) is 11.3. The van der Waals surface area contributed by atoms with Crippen molar-refractivity contribution in [2.24, 2.45) is 5.73 Å². The van der Waals surface area contributed by atoms with E-state index in [9.17, 15) is 18.0 Å². The first-order valence-corrected chi connectivity index (χ1v) is 6.64. The Kier molecular flexibility index (Phi) is 3.31.